The van der Waals surface area contributed by atoms with Gasteiger partial charge in [0.1, 0.15) is 0 Å². The molecule has 0 bridgehead atoms. The van der Waals surface area contributed by atoms with Crippen LogP contribution in [0.3, 0.4) is 0 Å². The molecule has 4 heteroatoms. The number of hydrogen-bond acceptors (Lipinski definition) is 0. The van der Waals surface area contributed by atoms with Crippen LogP contribution >= 0.6 is 7.92 Å². The molecule has 5 rings (SSSR count). The van der Waals surface area contributed by atoms with Gasteiger partial charge in [0.25, 0.3) is 0 Å². The van der Waals surface area contributed by atoms with Crippen molar-refractivity contribution in [3.63, 3.8) is 0 Å². The van der Waals surface area contributed by atoms with Crippen LogP contribution < -0.4 is 25.3 Å². The summed E-state index contributed by atoms with van der Waals surface area (Å²) in [5, 5.41) is 6.89. The molecule has 1 aliphatic carbocycles. The molecule has 0 N–H and O–H groups in total. The Kier molecular flexibility index (Phi) is 11.5. The van der Waals surface area contributed by atoms with Crippen molar-refractivity contribution >= 4 is 34.6 Å². The summed E-state index contributed by atoms with van der Waals surface area (Å²) in [6, 6.07) is 35.0. The first-order valence-electron chi connectivity index (χ1n) is 9.19. The van der Waals surface area contributed by atoms with Crippen molar-refractivity contribution in [2.24, 2.45) is 0 Å². The molecule has 0 saturated carbocycles. The average Bonchev–Trinajstić information content (AvgIpc) is 3.43. The Bertz CT molecular complexity index is 974. The molecule has 4 aromatic carbocycles. The fourth-order valence-corrected chi connectivity index (χ4v) is 5.58. The van der Waals surface area contributed by atoms with Gasteiger partial charge in [0.05, 0.1) is 0 Å². The third kappa shape index (κ3) is 6.45. The fourth-order valence-electron chi connectivity index (χ4n) is 3.20. The van der Waals surface area contributed by atoms with Crippen molar-refractivity contribution in [2.75, 3.05) is 0 Å². The van der Waals surface area contributed by atoms with E-state index in [1.807, 2.05) is 12.2 Å². The van der Waals surface area contributed by atoms with Gasteiger partial charge in [-0.3, -0.25) is 6.08 Å². The minimum Gasteiger partial charge on any atom is -1.00 e. The van der Waals surface area contributed by atoms with Gasteiger partial charge in [-0.25, -0.2) is 12.2 Å². The maximum atomic E-state index is 2.99. The first kappa shape index (κ1) is 25.9. The molecular weight excluding hydrogens is 560 g/mol. The van der Waals surface area contributed by atoms with Crippen LogP contribution in [0.2, 0.25) is 0 Å². The summed E-state index contributed by atoms with van der Waals surface area (Å²) in [6.07, 6.45) is 10.0. The van der Waals surface area contributed by atoms with E-state index in [0.29, 0.717) is 0 Å². The van der Waals surface area contributed by atoms with Gasteiger partial charge in [-0.2, -0.15) is 12.1 Å². The number of rotatable bonds is 3. The van der Waals surface area contributed by atoms with Crippen molar-refractivity contribution in [1.29, 1.82) is 0 Å². The molecule has 0 atom stereocenters. The number of benzene rings is 3. The first-order chi connectivity index (χ1) is 13.4. The Balaban J connectivity index is 0.000000499. The SMILES string of the molecule is [C-]1=CC=CC1.[F-].[F-].[Hf+4].c1ccc(P(c2ccccc2)c2cc3ccccc3[cH-]2)cc1. The second-order valence-corrected chi connectivity index (χ2v) is 8.57. The minimum absolute atomic E-state index is 0. The molecule has 0 amide bonds. The van der Waals surface area contributed by atoms with Gasteiger partial charge in [-0.05, 0) is 18.5 Å². The summed E-state index contributed by atoms with van der Waals surface area (Å²) in [4.78, 5) is 0. The second kappa shape index (κ2) is 13.3. The molecule has 0 nitrogen and oxygen atoms in total. The quantitative estimate of drug-likeness (QED) is 0.176. The summed E-state index contributed by atoms with van der Waals surface area (Å²) in [5.74, 6) is 0. The van der Waals surface area contributed by atoms with Gasteiger partial charge in [0.15, 0.2) is 0 Å². The zero-order chi connectivity index (χ0) is 18.3. The topological polar surface area (TPSA) is 0 Å². The largest absolute Gasteiger partial charge is 4.00 e. The maximum absolute atomic E-state index is 2.99. The third-order valence-electron chi connectivity index (χ3n) is 4.48. The maximum Gasteiger partial charge on any atom is 4.00 e. The first-order valence-corrected chi connectivity index (χ1v) is 10.5. The van der Waals surface area contributed by atoms with Crippen LogP contribution in [0.5, 0.6) is 0 Å². The molecule has 0 unspecified atom stereocenters. The zero-order valence-corrected chi connectivity index (χ0v) is 20.9. The zero-order valence-electron chi connectivity index (χ0n) is 16.4. The van der Waals surface area contributed by atoms with Gasteiger partial charge in [-0.15, -0.1) is 46.8 Å². The molecule has 0 aromatic heterocycles. The molecule has 30 heavy (non-hydrogen) atoms. The summed E-state index contributed by atoms with van der Waals surface area (Å²) in [5.41, 5.74) is 0. The van der Waals surface area contributed by atoms with Gasteiger partial charge < -0.3 is 9.41 Å². The van der Waals surface area contributed by atoms with E-state index in [9.17, 15) is 0 Å². The van der Waals surface area contributed by atoms with Gasteiger partial charge in [-0.1, -0.05) is 66.7 Å². The molecule has 148 valence electrons. The second-order valence-electron chi connectivity index (χ2n) is 6.35. The van der Waals surface area contributed by atoms with E-state index in [0.717, 1.165) is 6.42 Å². The minimum atomic E-state index is -0.493. The van der Waals surface area contributed by atoms with E-state index in [-0.39, 0.29) is 35.3 Å². The van der Waals surface area contributed by atoms with Crippen LogP contribution in [0.15, 0.2) is 115 Å². The molecular formula is C26H21F2HfP. The van der Waals surface area contributed by atoms with E-state index in [1.165, 1.54) is 26.7 Å². The standard InChI is InChI=1S/C21H16P.C5H5.2FH.Hf/c1-3-11-19(12-4-1)22(20-13-5-2-6-14-20)21-15-17-9-7-8-10-18(17)16-21;1-2-4-5-3-1;;;/h1-16H;1-3H,4H2;2*1H;/q2*-1;;;+4/p-2. The molecule has 0 aliphatic heterocycles. The van der Waals surface area contributed by atoms with E-state index >= 15 is 0 Å². The van der Waals surface area contributed by atoms with E-state index in [2.05, 4.69) is 109 Å². The van der Waals surface area contributed by atoms with Crippen LogP contribution in [-0.4, -0.2) is 0 Å². The van der Waals surface area contributed by atoms with Crippen LogP contribution in [0, 0.1) is 6.08 Å². The van der Waals surface area contributed by atoms with E-state index in [1.54, 1.807) is 0 Å². The summed E-state index contributed by atoms with van der Waals surface area (Å²) in [6.45, 7) is 0. The van der Waals surface area contributed by atoms with Crippen molar-refractivity contribution in [2.45, 2.75) is 6.42 Å². The molecule has 0 saturated heterocycles. The van der Waals surface area contributed by atoms with E-state index in [4.69, 9.17) is 0 Å². The Morgan fingerprint density at radius 1 is 0.733 bits per heavy atom. The third-order valence-corrected chi connectivity index (χ3v) is 6.88. The molecule has 0 radical (unpaired) electrons. The predicted molar refractivity (Wildman–Crippen MR) is 120 cm³/mol. The van der Waals surface area contributed by atoms with Crippen LogP contribution in [0.1, 0.15) is 6.42 Å². The molecule has 0 fully saturated rings. The van der Waals surface area contributed by atoms with Crippen LogP contribution in [0.25, 0.3) is 10.8 Å². The Labute approximate surface area is 197 Å². The summed E-state index contributed by atoms with van der Waals surface area (Å²) < 4.78 is 0. The summed E-state index contributed by atoms with van der Waals surface area (Å²) in [7, 11) is -0.493. The Morgan fingerprint density at radius 2 is 1.30 bits per heavy atom. The average molecular weight is 581 g/mol. The molecule has 0 heterocycles. The van der Waals surface area contributed by atoms with Crippen LogP contribution in [0.4, 0.5) is 0 Å². The molecule has 0 spiro atoms. The van der Waals surface area contributed by atoms with Crippen molar-refractivity contribution in [1.82, 2.24) is 0 Å². The van der Waals surface area contributed by atoms with E-state index < -0.39 is 7.92 Å². The van der Waals surface area contributed by atoms with Gasteiger partial charge in [0.2, 0.25) is 0 Å². The fraction of sp³-hybridized carbons (Fsp3) is 0.0385. The molecule has 4 aromatic rings. The van der Waals surface area contributed by atoms with Crippen molar-refractivity contribution in [3.05, 3.63) is 121 Å². The normalized spacial score (nSPS) is 11.1. The Morgan fingerprint density at radius 3 is 1.77 bits per heavy atom. The van der Waals surface area contributed by atoms with Crippen molar-refractivity contribution < 1.29 is 35.3 Å². The van der Waals surface area contributed by atoms with Gasteiger partial charge >= 0.3 is 25.8 Å². The predicted octanol–water partition coefficient (Wildman–Crippen LogP) is -0.372. The summed E-state index contributed by atoms with van der Waals surface area (Å²) >= 11 is 0. The molecule has 1 aliphatic rings. The monoisotopic (exact) mass is 582 g/mol. The van der Waals surface area contributed by atoms with Gasteiger partial charge in [0, 0.05) is 0 Å². The smallest absolute Gasteiger partial charge is 1.00 e. The number of fused-ring (bicyclic) bond motifs is 1. The van der Waals surface area contributed by atoms with Crippen LogP contribution in [-0.2, 0) is 25.8 Å². The number of halogens is 2. The Hall–Kier alpha value is -2.09. The van der Waals surface area contributed by atoms with Crippen molar-refractivity contribution in [3.8, 4) is 0 Å². The number of allylic oxidation sites excluding steroid dienone is 4. The number of hydrogen-bond donors (Lipinski definition) is 0.